The molecule has 1 unspecified atom stereocenters. The number of amides is 1. The Kier molecular flexibility index (Phi) is 9.85. The first-order chi connectivity index (χ1) is 13.6. The smallest absolute Gasteiger partial charge is 0.234 e. The first kappa shape index (κ1) is 22.2. The summed E-state index contributed by atoms with van der Waals surface area (Å²) in [6.45, 7) is 9.95. The fraction of sp³-hybridized carbons (Fsp3) is 0.700. The third kappa shape index (κ3) is 7.90. The molecule has 2 rings (SSSR count). The molecule has 1 amide bonds. The van der Waals surface area contributed by atoms with Crippen LogP contribution in [0.4, 0.5) is 0 Å². The van der Waals surface area contributed by atoms with Crippen LogP contribution in [0.1, 0.15) is 26.0 Å². The van der Waals surface area contributed by atoms with E-state index in [-0.39, 0.29) is 5.91 Å². The minimum absolute atomic E-state index is 0.0515. The van der Waals surface area contributed by atoms with E-state index in [0.29, 0.717) is 32.3 Å². The van der Waals surface area contributed by atoms with Gasteiger partial charge in [0.05, 0.1) is 19.4 Å². The molecule has 2 heterocycles. The number of rotatable bonds is 10. The molecule has 0 saturated carbocycles. The number of hydrogen-bond donors (Lipinski definition) is 2. The molecule has 2 N–H and O–H groups in total. The van der Waals surface area contributed by atoms with Crippen LogP contribution in [0.15, 0.2) is 27.8 Å². The summed E-state index contributed by atoms with van der Waals surface area (Å²) < 4.78 is 10.4. The van der Waals surface area contributed by atoms with Crippen molar-refractivity contribution in [2.75, 3.05) is 59.5 Å². The number of hydrogen-bond acceptors (Lipinski definition) is 5. The molecule has 8 nitrogen and oxygen atoms in total. The maximum absolute atomic E-state index is 12.0. The van der Waals surface area contributed by atoms with Gasteiger partial charge < -0.3 is 24.7 Å². The highest BCUT2D eigenvalue weighted by Gasteiger charge is 2.22. The highest BCUT2D eigenvalue weighted by molar-refractivity contribution is 5.80. The van der Waals surface area contributed by atoms with Gasteiger partial charge in [-0.3, -0.25) is 14.7 Å². The molecular weight excluding hydrogens is 358 g/mol. The number of nitrogens with zero attached hydrogens (tertiary/aromatic N) is 3. The van der Waals surface area contributed by atoms with E-state index in [1.807, 2.05) is 12.1 Å². The van der Waals surface area contributed by atoms with Crippen molar-refractivity contribution >= 4 is 11.9 Å². The summed E-state index contributed by atoms with van der Waals surface area (Å²) in [5.41, 5.74) is 0. The second-order valence-electron chi connectivity index (χ2n) is 7.09. The number of ether oxygens (including phenoxy) is 1. The maximum Gasteiger partial charge on any atom is 0.234 e. The Morgan fingerprint density at radius 1 is 1.36 bits per heavy atom. The van der Waals surface area contributed by atoms with Crippen LogP contribution in [0.2, 0.25) is 0 Å². The number of carbonyl (C=O) groups excluding carboxylic acids is 1. The predicted octanol–water partition coefficient (Wildman–Crippen LogP) is 0.946. The molecule has 1 aromatic rings. The van der Waals surface area contributed by atoms with Crippen molar-refractivity contribution in [3.05, 3.63) is 24.2 Å². The Morgan fingerprint density at radius 3 is 2.79 bits per heavy atom. The molecule has 1 aliphatic rings. The van der Waals surface area contributed by atoms with Gasteiger partial charge in [-0.05, 0) is 25.5 Å². The zero-order valence-electron chi connectivity index (χ0n) is 17.4. The lowest BCUT2D eigenvalue weighted by molar-refractivity contribution is -0.122. The summed E-state index contributed by atoms with van der Waals surface area (Å²) in [5, 5.41) is 6.42. The number of nitrogens with one attached hydrogen (secondary N) is 2. The standard InChI is InChI=1S/C20H35N5O3/c1-4-17(2)23-20(22-8-7-18-6-5-14-28-18)25-12-10-24(11-13-25)16-19(26)21-9-15-27-3/h5-6,14,17H,4,7-13,15-16H2,1-3H3,(H,21,26)(H,22,23). The van der Waals surface area contributed by atoms with Crippen LogP contribution in [0.5, 0.6) is 0 Å². The molecule has 0 aromatic carbocycles. The second kappa shape index (κ2) is 12.4. The molecule has 158 valence electrons. The molecule has 1 aromatic heterocycles. The number of methoxy groups -OCH3 is 1. The van der Waals surface area contributed by atoms with Gasteiger partial charge in [-0.2, -0.15) is 0 Å². The molecule has 1 aliphatic heterocycles. The van der Waals surface area contributed by atoms with Gasteiger partial charge in [0, 0.05) is 58.8 Å². The Bertz CT molecular complexity index is 583. The van der Waals surface area contributed by atoms with Crippen LogP contribution >= 0.6 is 0 Å². The van der Waals surface area contributed by atoms with Crippen molar-refractivity contribution in [1.82, 2.24) is 20.4 Å². The van der Waals surface area contributed by atoms with Gasteiger partial charge in [-0.15, -0.1) is 0 Å². The van der Waals surface area contributed by atoms with E-state index in [1.165, 1.54) is 0 Å². The molecule has 0 aliphatic carbocycles. The van der Waals surface area contributed by atoms with Crippen LogP contribution in [0.25, 0.3) is 0 Å². The molecule has 8 heteroatoms. The van der Waals surface area contributed by atoms with E-state index in [2.05, 4.69) is 34.3 Å². The van der Waals surface area contributed by atoms with E-state index >= 15 is 0 Å². The predicted molar refractivity (Wildman–Crippen MR) is 111 cm³/mol. The number of piperazine rings is 1. The SMILES string of the molecule is CCC(C)NC(=NCCc1ccco1)N1CCN(CC(=O)NCCOC)CC1. The van der Waals surface area contributed by atoms with Crippen LogP contribution in [0.3, 0.4) is 0 Å². The average Bonchev–Trinajstić information content (AvgIpc) is 3.21. The molecule has 1 fully saturated rings. The topological polar surface area (TPSA) is 82.3 Å². The Balaban J connectivity index is 1.82. The Labute approximate surface area is 168 Å². The van der Waals surface area contributed by atoms with E-state index in [4.69, 9.17) is 14.1 Å². The molecule has 0 spiro atoms. The number of furan rings is 1. The van der Waals surface area contributed by atoms with Gasteiger partial charge in [0.25, 0.3) is 0 Å². The zero-order valence-corrected chi connectivity index (χ0v) is 17.4. The maximum atomic E-state index is 12.0. The highest BCUT2D eigenvalue weighted by atomic mass is 16.5. The number of guanidine groups is 1. The first-order valence-corrected chi connectivity index (χ1v) is 10.2. The van der Waals surface area contributed by atoms with Crippen LogP contribution in [-0.2, 0) is 16.0 Å². The third-order valence-corrected chi connectivity index (χ3v) is 4.86. The first-order valence-electron chi connectivity index (χ1n) is 10.2. The van der Waals surface area contributed by atoms with E-state index in [0.717, 1.165) is 50.7 Å². The average molecular weight is 394 g/mol. The number of carbonyl (C=O) groups is 1. The van der Waals surface area contributed by atoms with E-state index in [1.54, 1.807) is 13.4 Å². The summed E-state index contributed by atoms with van der Waals surface area (Å²) in [6.07, 6.45) is 3.53. The molecular formula is C20H35N5O3. The second-order valence-corrected chi connectivity index (χ2v) is 7.09. The van der Waals surface area contributed by atoms with Crippen molar-refractivity contribution in [3.63, 3.8) is 0 Å². The van der Waals surface area contributed by atoms with Crippen LogP contribution in [0, 0.1) is 0 Å². The minimum atomic E-state index is 0.0515. The Morgan fingerprint density at radius 2 is 2.14 bits per heavy atom. The van der Waals surface area contributed by atoms with Gasteiger partial charge in [-0.1, -0.05) is 6.92 Å². The number of aliphatic imine (C=N–C) groups is 1. The van der Waals surface area contributed by atoms with Gasteiger partial charge in [0.2, 0.25) is 5.91 Å². The molecule has 0 radical (unpaired) electrons. The largest absolute Gasteiger partial charge is 0.469 e. The van der Waals surface area contributed by atoms with Crippen LogP contribution < -0.4 is 10.6 Å². The fourth-order valence-corrected chi connectivity index (χ4v) is 2.96. The molecule has 0 bridgehead atoms. The molecule has 1 atom stereocenters. The van der Waals surface area contributed by atoms with E-state index in [9.17, 15) is 4.79 Å². The normalized spacial score (nSPS) is 16.8. The summed E-state index contributed by atoms with van der Waals surface area (Å²) in [7, 11) is 1.63. The summed E-state index contributed by atoms with van der Waals surface area (Å²) in [6, 6.07) is 4.25. The zero-order chi connectivity index (χ0) is 20.2. The summed E-state index contributed by atoms with van der Waals surface area (Å²) in [4.78, 5) is 21.2. The highest BCUT2D eigenvalue weighted by Crippen LogP contribution is 2.05. The van der Waals surface area contributed by atoms with Gasteiger partial charge in [0.15, 0.2) is 5.96 Å². The van der Waals surface area contributed by atoms with E-state index < -0.39 is 0 Å². The quantitative estimate of drug-likeness (QED) is 0.350. The lowest BCUT2D eigenvalue weighted by Crippen LogP contribution is -2.55. The summed E-state index contributed by atoms with van der Waals surface area (Å²) in [5.74, 6) is 1.96. The van der Waals surface area contributed by atoms with Gasteiger partial charge >= 0.3 is 0 Å². The molecule has 28 heavy (non-hydrogen) atoms. The minimum Gasteiger partial charge on any atom is -0.469 e. The van der Waals surface area contributed by atoms with Crippen molar-refractivity contribution in [2.24, 2.45) is 4.99 Å². The Hall–Kier alpha value is -2.06. The van der Waals surface area contributed by atoms with Crippen molar-refractivity contribution in [2.45, 2.75) is 32.7 Å². The lowest BCUT2D eigenvalue weighted by Gasteiger charge is -2.37. The van der Waals surface area contributed by atoms with Crippen molar-refractivity contribution in [3.8, 4) is 0 Å². The summed E-state index contributed by atoms with van der Waals surface area (Å²) >= 11 is 0. The van der Waals surface area contributed by atoms with Gasteiger partial charge in [0.1, 0.15) is 5.76 Å². The lowest BCUT2D eigenvalue weighted by atomic mass is 10.2. The van der Waals surface area contributed by atoms with Gasteiger partial charge in [-0.25, -0.2) is 0 Å². The molecule has 1 saturated heterocycles. The third-order valence-electron chi connectivity index (χ3n) is 4.86. The monoisotopic (exact) mass is 393 g/mol. The van der Waals surface area contributed by atoms with Crippen molar-refractivity contribution in [1.29, 1.82) is 0 Å². The van der Waals surface area contributed by atoms with Crippen LogP contribution in [-0.4, -0.2) is 87.2 Å². The fourth-order valence-electron chi connectivity index (χ4n) is 2.96. The van der Waals surface area contributed by atoms with Crippen molar-refractivity contribution < 1.29 is 13.9 Å².